The van der Waals surface area contributed by atoms with Crippen LogP contribution in [0.5, 0.6) is 0 Å². The summed E-state index contributed by atoms with van der Waals surface area (Å²) in [5.41, 5.74) is 0.0535. The van der Waals surface area contributed by atoms with Gasteiger partial charge in [0.1, 0.15) is 5.82 Å². The van der Waals surface area contributed by atoms with Crippen molar-refractivity contribution < 1.29 is 9.53 Å². The number of esters is 1. The number of nitrogens with zero attached hydrogens (tertiary/aromatic N) is 3. The van der Waals surface area contributed by atoms with Gasteiger partial charge in [-0.05, 0) is 19.8 Å². The second kappa shape index (κ2) is 8.64. The van der Waals surface area contributed by atoms with Crippen LogP contribution in [0.4, 0.5) is 0 Å². The van der Waals surface area contributed by atoms with Crippen LogP contribution in [0.15, 0.2) is 9.59 Å². The summed E-state index contributed by atoms with van der Waals surface area (Å²) in [7, 11) is 1.60. The van der Waals surface area contributed by atoms with E-state index in [4.69, 9.17) is 4.74 Å². The molecule has 2 heterocycles. The fourth-order valence-electron chi connectivity index (χ4n) is 2.91. The SMILES string of the molecule is CC(=O)OCCCCCCCCn1c(C)nc2c1c(=O)[nH]c(=O)n2C. The minimum atomic E-state index is -0.448. The molecule has 0 unspecified atom stereocenters. The van der Waals surface area contributed by atoms with Gasteiger partial charge in [0.25, 0.3) is 5.56 Å². The number of unbranched alkanes of at least 4 members (excludes halogenated alkanes) is 5. The predicted molar refractivity (Wildman–Crippen MR) is 94.7 cm³/mol. The molecule has 2 rings (SSSR count). The van der Waals surface area contributed by atoms with Crippen molar-refractivity contribution in [3.05, 3.63) is 26.7 Å². The van der Waals surface area contributed by atoms with E-state index in [1.54, 1.807) is 7.05 Å². The third kappa shape index (κ3) is 4.80. The zero-order chi connectivity index (χ0) is 18.4. The molecule has 0 spiro atoms. The van der Waals surface area contributed by atoms with Crippen LogP contribution < -0.4 is 11.2 Å². The molecule has 0 aromatic carbocycles. The molecule has 0 aliphatic rings. The average molecular weight is 350 g/mol. The Morgan fingerprint density at radius 2 is 1.76 bits per heavy atom. The van der Waals surface area contributed by atoms with Crippen LogP contribution in [0, 0.1) is 6.92 Å². The van der Waals surface area contributed by atoms with Crippen molar-refractivity contribution in [3.8, 4) is 0 Å². The molecule has 0 aliphatic heterocycles. The minimum Gasteiger partial charge on any atom is -0.466 e. The summed E-state index contributed by atoms with van der Waals surface area (Å²) in [6.07, 6.45) is 6.13. The molecule has 138 valence electrons. The number of nitrogens with one attached hydrogen (secondary N) is 1. The van der Waals surface area contributed by atoms with Gasteiger partial charge in [0.15, 0.2) is 11.2 Å². The molecule has 0 aliphatic carbocycles. The number of aryl methyl sites for hydroxylation is 3. The molecular formula is C17H26N4O4. The number of hydrogen-bond donors (Lipinski definition) is 1. The highest BCUT2D eigenvalue weighted by Crippen LogP contribution is 2.13. The molecule has 0 amide bonds. The molecular weight excluding hydrogens is 324 g/mol. The Morgan fingerprint density at radius 3 is 2.44 bits per heavy atom. The first-order chi connectivity index (χ1) is 11.9. The van der Waals surface area contributed by atoms with Crippen LogP contribution in [-0.4, -0.2) is 31.7 Å². The summed E-state index contributed by atoms with van der Waals surface area (Å²) in [5, 5.41) is 0. The van der Waals surface area contributed by atoms with Crippen LogP contribution in [0.2, 0.25) is 0 Å². The number of ether oxygens (including phenoxy) is 1. The number of aromatic amines is 1. The number of carbonyl (C=O) groups excluding carboxylic acids is 1. The molecule has 0 atom stereocenters. The number of carbonyl (C=O) groups is 1. The summed E-state index contributed by atoms with van der Waals surface area (Å²) in [6.45, 7) is 4.47. The standard InChI is InChI=1S/C17H26N4O4/c1-12-18-15-14(16(23)19-17(24)20(15)3)21(12)10-8-6-4-5-7-9-11-25-13(2)22/h4-11H2,1-3H3,(H,19,23,24). The van der Waals surface area contributed by atoms with Crippen molar-refractivity contribution in [2.75, 3.05) is 6.61 Å². The van der Waals surface area contributed by atoms with E-state index in [1.807, 2.05) is 11.5 Å². The van der Waals surface area contributed by atoms with Gasteiger partial charge in [-0.2, -0.15) is 0 Å². The fourth-order valence-corrected chi connectivity index (χ4v) is 2.91. The van der Waals surface area contributed by atoms with E-state index in [2.05, 4.69) is 9.97 Å². The smallest absolute Gasteiger partial charge is 0.329 e. The van der Waals surface area contributed by atoms with Crippen LogP contribution in [0.25, 0.3) is 11.2 Å². The van der Waals surface area contributed by atoms with Gasteiger partial charge in [-0.15, -0.1) is 0 Å². The Hall–Kier alpha value is -2.38. The summed E-state index contributed by atoms with van der Waals surface area (Å²) in [5.74, 6) is 0.512. The second-order valence-electron chi connectivity index (χ2n) is 6.26. The number of fused-ring (bicyclic) bond motifs is 1. The van der Waals surface area contributed by atoms with E-state index < -0.39 is 5.69 Å². The highest BCUT2D eigenvalue weighted by Gasteiger charge is 2.14. The van der Waals surface area contributed by atoms with Crippen molar-refractivity contribution in [3.63, 3.8) is 0 Å². The van der Waals surface area contributed by atoms with Gasteiger partial charge in [0.2, 0.25) is 0 Å². The highest BCUT2D eigenvalue weighted by molar-refractivity contribution is 5.70. The molecule has 0 saturated carbocycles. The lowest BCUT2D eigenvalue weighted by molar-refractivity contribution is -0.141. The largest absolute Gasteiger partial charge is 0.466 e. The van der Waals surface area contributed by atoms with Crippen molar-refractivity contribution in [2.45, 2.75) is 58.9 Å². The van der Waals surface area contributed by atoms with E-state index in [-0.39, 0.29) is 11.5 Å². The summed E-state index contributed by atoms with van der Waals surface area (Å²) in [4.78, 5) is 41.1. The van der Waals surface area contributed by atoms with Crippen molar-refractivity contribution in [1.29, 1.82) is 0 Å². The molecule has 8 heteroatoms. The first-order valence-electron chi connectivity index (χ1n) is 8.71. The normalized spacial score (nSPS) is 11.2. The van der Waals surface area contributed by atoms with E-state index in [0.29, 0.717) is 24.3 Å². The molecule has 0 radical (unpaired) electrons. The fraction of sp³-hybridized carbons (Fsp3) is 0.647. The molecule has 0 fully saturated rings. The second-order valence-corrected chi connectivity index (χ2v) is 6.26. The van der Waals surface area contributed by atoms with Crippen LogP contribution in [0.3, 0.4) is 0 Å². The third-order valence-corrected chi connectivity index (χ3v) is 4.28. The molecule has 2 aromatic rings. The Labute approximate surface area is 145 Å². The Morgan fingerprint density at radius 1 is 1.12 bits per heavy atom. The van der Waals surface area contributed by atoms with Gasteiger partial charge in [-0.1, -0.05) is 25.7 Å². The van der Waals surface area contributed by atoms with Crippen LogP contribution in [-0.2, 0) is 23.1 Å². The maximum atomic E-state index is 12.1. The van der Waals surface area contributed by atoms with E-state index in [0.717, 1.165) is 44.3 Å². The lowest BCUT2D eigenvalue weighted by Gasteiger charge is -2.07. The predicted octanol–water partition coefficient (Wildman–Crippen LogP) is 1.64. The van der Waals surface area contributed by atoms with E-state index >= 15 is 0 Å². The van der Waals surface area contributed by atoms with E-state index in [1.165, 1.54) is 11.5 Å². The minimum absolute atomic E-state index is 0.226. The molecule has 2 aromatic heterocycles. The highest BCUT2D eigenvalue weighted by atomic mass is 16.5. The van der Waals surface area contributed by atoms with Crippen LogP contribution >= 0.6 is 0 Å². The quantitative estimate of drug-likeness (QED) is 0.547. The van der Waals surface area contributed by atoms with Crippen molar-refractivity contribution in [1.82, 2.24) is 19.1 Å². The number of rotatable bonds is 9. The topological polar surface area (TPSA) is 99.0 Å². The Balaban J connectivity index is 1.83. The lowest BCUT2D eigenvalue weighted by Crippen LogP contribution is -2.29. The first-order valence-corrected chi connectivity index (χ1v) is 8.71. The molecule has 0 bridgehead atoms. The first kappa shape index (κ1) is 19.0. The maximum absolute atomic E-state index is 12.1. The number of H-pyrrole nitrogens is 1. The summed E-state index contributed by atoms with van der Waals surface area (Å²) >= 11 is 0. The van der Waals surface area contributed by atoms with Gasteiger partial charge in [0.05, 0.1) is 6.61 Å². The molecule has 25 heavy (non-hydrogen) atoms. The molecule has 0 saturated heterocycles. The van der Waals surface area contributed by atoms with Gasteiger partial charge in [-0.25, -0.2) is 9.78 Å². The van der Waals surface area contributed by atoms with Gasteiger partial charge in [0, 0.05) is 20.5 Å². The summed E-state index contributed by atoms with van der Waals surface area (Å²) < 4.78 is 8.14. The van der Waals surface area contributed by atoms with Crippen molar-refractivity contribution in [2.24, 2.45) is 7.05 Å². The molecule has 8 nitrogen and oxygen atoms in total. The van der Waals surface area contributed by atoms with Gasteiger partial charge < -0.3 is 9.30 Å². The van der Waals surface area contributed by atoms with Gasteiger partial charge in [-0.3, -0.25) is 19.1 Å². The monoisotopic (exact) mass is 350 g/mol. The average Bonchev–Trinajstić information content (AvgIpc) is 2.88. The zero-order valence-electron chi connectivity index (χ0n) is 15.1. The molecule has 1 N–H and O–H groups in total. The number of imidazole rings is 1. The maximum Gasteiger partial charge on any atom is 0.329 e. The summed E-state index contributed by atoms with van der Waals surface area (Å²) in [6, 6.07) is 0. The van der Waals surface area contributed by atoms with E-state index in [9.17, 15) is 14.4 Å². The van der Waals surface area contributed by atoms with Crippen molar-refractivity contribution >= 4 is 17.1 Å². The number of aromatic nitrogens is 4. The number of hydrogen-bond acceptors (Lipinski definition) is 5. The lowest BCUT2D eigenvalue weighted by atomic mass is 10.1. The van der Waals surface area contributed by atoms with Crippen LogP contribution in [0.1, 0.15) is 51.3 Å². The third-order valence-electron chi connectivity index (χ3n) is 4.28. The Bertz CT molecular complexity index is 847. The zero-order valence-corrected chi connectivity index (χ0v) is 15.1. The Kier molecular flexibility index (Phi) is 6.55. The van der Waals surface area contributed by atoms with Gasteiger partial charge >= 0.3 is 11.7 Å².